The van der Waals surface area contributed by atoms with Crippen molar-refractivity contribution >= 4 is 35.2 Å². The van der Waals surface area contributed by atoms with E-state index in [0.29, 0.717) is 17.0 Å². The maximum absolute atomic E-state index is 13.6. The number of nitrogens with zero attached hydrogens (tertiary/aromatic N) is 3. The quantitative estimate of drug-likeness (QED) is 0.344. The van der Waals surface area contributed by atoms with Crippen molar-refractivity contribution in [2.75, 3.05) is 17.3 Å². The van der Waals surface area contributed by atoms with Gasteiger partial charge in [-0.1, -0.05) is 25.1 Å². The van der Waals surface area contributed by atoms with E-state index >= 15 is 0 Å². The van der Waals surface area contributed by atoms with E-state index in [1.807, 2.05) is 0 Å². The number of rotatable bonds is 8. The number of hydrogen-bond acceptors (Lipinski definition) is 8. The van der Waals surface area contributed by atoms with Gasteiger partial charge in [0.1, 0.15) is 17.3 Å². The molecular formula is C25H26N4O8. The molecule has 0 aliphatic carbocycles. The van der Waals surface area contributed by atoms with Crippen molar-refractivity contribution in [1.29, 1.82) is 0 Å². The first kappa shape index (κ1) is 26.7. The Labute approximate surface area is 211 Å². The van der Waals surface area contributed by atoms with Crippen molar-refractivity contribution in [2.45, 2.75) is 33.7 Å². The summed E-state index contributed by atoms with van der Waals surface area (Å²) in [6.45, 7) is 4.09. The summed E-state index contributed by atoms with van der Waals surface area (Å²) in [6, 6.07) is 12.0. The van der Waals surface area contributed by atoms with Gasteiger partial charge in [-0.3, -0.25) is 19.0 Å². The van der Waals surface area contributed by atoms with Gasteiger partial charge in [-0.15, -0.1) is 0 Å². The predicted octanol–water partition coefficient (Wildman–Crippen LogP) is 3.12. The first-order valence-corrected chi connectivity index (χ1v) is 11.3. The number of ether oxygens (including phenoxy) is 2. The van der Waals surface area contributed by atoms with Crippen LogP contribution >= 0.6 is 0 Å². The molecule has 2 N–H and O–H groups in total. The predicted molar refractivity (Wildman–Crippen MR) is 135 cm³/mol. The van der Waals surface area contributed by atoms with Gasteiger partial charge in [0, 0.05) is 45.6 Å². The molecule has 3 aromatic rings. The minimum absolute atomic E-state index is 0.0289. The van der Waals surface area contributed by atoms with Crippen LogP contribution < -0.4 is 30.9 Å². The molecule has 1 amide bonds. The van der Waals surface area contributed by atoms with E-state index in [0.717, 1.165) is 18.4 Å². The zero-order valence-electron chi connectivity index (χ0n) is 20.7. The number of carbonyl (C=O) groups is 3. The molecule has 0 spiro atoms. The van der Waals surface area contributed by atoms with Gasteiger partial charge in [0.05, 0.1) is 11.4 Å². The number of nitrogens with one attached hydrogen (secondary N) is 1. The molecule has 0 aliphatic heterocycles. The van der Waals surface area contributed by atoms with Crippen LogP contribution in [0.3, 0.4) is 0 Å². The van der Waals surface area contributed by atoms with Crippen molar-refractivity contribution < 1.29 is 29.0 Å². The Morgan fingerprint density at radius 1 is 0.973 bits per heavy atom. The molecule has 0 atom stereocenters. The molecule has 1 aromatic heterocycles. The number of carboxylic acid groups (broad SMARTS) is 1. The lowest BCUT2D eigenvalue weighted by Crippen LogP contribution is -2.44. The Kier molecular flexibility index (Phi) is 8.12. The van der Waals surface area contributed by atoms with Gasteiger partial charge >= 0.3 is 23.7 Å². The number of para-hydroxylation sites is 1. The number of benzene rings is 2. The van der Waals surface area contributed by atoms with E-state index in [1.54, 1.807) is 37.3 Å². The zero-order chi connectivity index (χ0) is 27.3. The first-order chi connectivity index (χ1) is 17.6. The van der Waals surface area contributed by atoms with Crippen LogP contribution in [0.15, 0.2) is 58.1 Å². The molecule has 12 heteroatoms. The molecule has 3 rings (SSSR count). The first-order valence-electron chi connectivity index (χ1n) is 11.3. The van der Waals surface area contributed by atoms with Crippen molar-refractivity contribution in [3.05, 3.63) is 69.4 Å². The minimum Gasteiger partial charge on any atom is -0.464 e. The maximum atomic E-state index is 13.6. The lowest BCUT2D eigenvalue weighted by atomic mass is 10.2. The van der Waals surface area contributed by atoms with Crippen molar-refractivity contribution in [3.63, 3.8) is 0 Å². The molecule has 0 aliphatic rings. The Balaban J connectivity index is 2.43. The Morgan fingerprint density at radius 3 is 2.00 bits per heavy atom. The SMILES string of the molecule is CCCn1c(=O)c(N(C(=O)O)c2cc(OC(C)=O)cc(OC(C)=O)c2)c(NC)n(-c2ccccc2)c1=O. The lowest BCUT2D eigenvalue weighted by molar-refractivity contribution is -0.132. The van der Waals surface area contributed by atoms with E-state index in [1.165, 1.54) is 29.8 Å². The van der Waals surface area contributed by atoms with Crippen molar-refractivity contribution in [2.24, 2.45) is 0 Å². The highest BCUT2D eigenvalue weighted by Gasteiger charge is 2.30. The van der Waals surface area contributed by atoms with E-state index in [2.05, 4.69) is 5.32 Å². The summed E-state index contributed by atoms with van der Waals surface area (Å²) in [5.74, 6) is -1.74. The fourth-order valence-electron chi connectivity index (χ4n) is 3.78. The van der Waals surface area contributed by atoms with Crippen LogP contribution in [0.4, 0.5) is 22.0 Å². The number of hydrogen-bond donors (Lipinski definition) is 2. The summed E-state index contributed by atoms with van der Waals surface area (Å²) in [5.41, 5.74) is -1.69. The van der Waals surface area contributed by atoms with Crippen LogP contribution in [0.2, 0.25) is 0 Å². The average molecular weight is 511 g/mol. The molecule has 0 radical (unpaired) electrons. The summed E-state index contributed by atoms with van der Waals surface area (Å²) in [6.07, 6.45) is -1.16. The topological polar surface area (TPSA) is 149 Å². The molecule has 1 heterocycles. The van der Waals surface area contributed by atoms with Gasteiger partial charge in [0.2, 0.25) is 0 Å². The van der Waals surface area contributed by atoms with Crippen molar-refractivity contribution in [1.82, 2.24) is 9.13 Å². The highest BCUT2D eigenvalue weighted by atomic mass is 16.5. The largest absolute Gasteiger partial charge is 0.464 e. The molecule has 37 heavy (non-hydrogen) atoms. The standard InChI is InChI=1S/C25H26N4O8/c1-5-11-27-23(32)21(22(26-4)29(24(27)33)17-9-7-6-8-10-17)28(25(34)35)18-12-19(36-15(2)30)14-20(13-18)37-16(3)31/h6-10,12-14,26H,5,11H2,1-4H3,(H,34,35). The summed E-state index contributed by atoms with van der Waals surface area (Å²) in [5, 5.41) is 13.1. The smallest absolute Gasteiger partial charge is 0.416 e. The Hall–Kier alpha value is -4.87. The van der Waals surface area contributed by atoms with Crippen LogP contribution in [-0.4, -0.2) is 39.3 Å². The molecule has 12 nitrogen and oxygen atoms in total. The third kappa shape index (κ3) is 5.69. The van der Waals surface area contributed by atoms with Gasteiger partial charge in [0.25, 0.3) is 5.56 Å². The molecule has 2 aromatic carbocycles. The van der Waals surface area contributed by atoms with Crippen molar-refractivity contribution in [3.8, 4) is 17.2 Å². The Morgan fingerprint density at radius 2 is 1.54 bits per heavy atom. The number of aromatic nitrogens is 2. The Bertz CT molecular complexity index is 1430. The zero-order valence-corrected chi connectivity index (χ0v) is 20.7. The minimum atomic E-state index is -1.58. The van der Waals surface area contributed by atoms with Crippen LogP contribution in [0.25, 0.3) is 5.69 Å². The third-order valence-electron chi connectivity index (χ3n) is 5.08. The molecular weight excluding hydrogens is 484 g/mol. The normalized spacial score (nSPS) is 10.5. The number of carbonyl (C=O) groups excluding carboxylic acids is 2. The molecule has 194 valence electrons. The van der Waals surface area contributed by atoms with E-state index in [4.69, 9.17) is 9.47 Å². The third-order valence-corrected chi connectivity index (χ3v) is 5.08. The van der Waals surface area contributed by atoms with Crippen LogP contribution in [0, 0.1) is 0 Å². The second-order valence-electron chi connectivity index (χ2n) is 7.83. The van der Waals surface area contributed by atoms with Crippen LogP contribution in [0.1, 0.15) is 27.2 Å². The van der Waals surface area contributed by atoms with E-state index in [-0.39, 0.29) is 35.2 Å². The molecule has 0 saturated carbocycles. The second kappa shape index (κ2) is 11.2. The van der Waals surface area contributed by atoms with Crippen LogP contribution in [-0.2, 0) is 16.1 Å². The van der Waals surface area contributed by atoms with Gasteiger partial charge in [0.15, 0.2) is 5.69 Å². The monoisotopic (exact) mass is 510 g/mol. The van der Waals surface area contributed by atoms with Crippen LogP contribution in [0.5, 0.6) is 11.5 Å². The highest BCUT2D eigenvalue weighted by molar-refractivity contribution is 5.98. The second-order valence-corrected chi connectivity index (χ2v) is 7.83. The van der Waals surface area contributed by atoms with E-state index in [9.17, 15) is 29.1 Å². The van der Waals surface area contributed by atoms with E-state index < -0.39 is 29.3 Å². The fourth-order valence-corrected chi connectivity index (χ4v) is 3.78. The molecule has 0 fully saturated rings. The molecule has 0 saturated heterocycles. The number of esters is 2. The highest BCUT2D eigenvalue weighted by Crippen LogP contribution is 2.35. The van der Waals surface area contributed by atoms with Gasteiger partial charge in [-0.05, 0) is 18.6 Å². The van der Waals surface area contributed by atoms with Gasteiger partial charge in [-0.2, -0.15) is 0 Å². The summed E-state index contributed by atoms with van der Waals surface area (Å²) >= 11 is 0. The molecule has 0 unspecified atom stereocenters. The number of anilines is 3. The summed E-state index contributed by atoms with van der Waals surface area (Å²) in [7, 11) is 1.45. The van der Waals surface area contributed by atoms with Gasteiger partial charge in [-0.25, -0.2) is 19.1 Å². The molecule has 0 bridgehead atoms. The van der Waals surface area contributed by atoms with Gasteiger partial charge < -0.3 is 19.9 Å². The average Bonchev–Trinajstić information content (AvgIpc) is 2.82. The maximum Gasteiger partial charge on any atom is 0.416 e. The summed E-state index contributed by atoms with van der Waals surface area (Å²) in [4.78, 5) is 63.5. The fraction of sp³-hybridized carbons (Fsp3) is 0.240. The number of amides is 1. The summed E-state index contributed by atoms with van der Waals surface area (Å²) < 4.78 is 12.3. The lowest BCUT2D eigenvalue weighted by Gasteiger charge is -2.25.